The first kappa shape index (κ1) is 21.8. The fourth-order valence-corrected chi connectivity index (χ4v) is 6.85. The molecule has 162 valence electrons. The Morgan fingerprint density at radius 2 is 1.06 bits per heavy atom. The number of aryl methyl sites for hydroxylation is 2. The van der Waals surface area contributed by atoms with Gasteiger partial charge in [-0.05, 0) is 50.2 Å². The molecule has 0 saturated carbocycles. The molecule has 4 rings (SSSR count). The summed E-state index contributed by atoms with van der Waals surface area (Å²) in [6, 6.07) is 13.8. The standard InChI is InChI=1S/C23H17NO6S2/c1-14-5-9-16(10-6-14)31(27,28)22-20(25)18-4-3-13-24-19(18)21(26)23(22)32(29,30)17-11-7-15(2)8-12-17/h3-13H,1-2H3. The van der Waals surface area contributed by atoms with Gasteiger partial charge in [0.2, 0.25) is 31.2 Å². The van der Waals surface area contributed by atoms with Gasteiger partial charge >= 0.3 is 0 Å². The summed E-state index contributed by atoms with van der Waals surface area (Å²) in [5, 5.41) is 0. The van der Waals surface area contributed by atoms with Gasteiger partial charge in [-0.1, -0.05) is 35.4 Å². The van der Waals surface area contributed by atoms with Crippen molar-refractivity contribution < 1.29 is 26.4 Å². The number of allylic oxidation sites excluding steroid dienone is 2. The van der Waals surface area contributed by atoms with E-state index in [1.165, 1.54) is 66.9 Å². The van der Waals surface area contributed by atoms with Gasteiger partial charge in [0.1, 0.15) is 15.5 Å². The van der Waals surface area contributed by atoms with Crippen LogP contribution in [0.1, 0.15) is 32.0 Å². The fourth-order valence-electron chi connectivity index (χ4n) is 3.36. The molecule has 0 unspecified atom stereocenters. The highest BCUT2D eigenvalue weighted by Gasteiger charge is 2.46. The summed E-state index contributed by atoms with van der Waals surface area (Å²) in [6.45, 7) is 3.50. The van der Waals surface area contributed by atoms with Gasteiger partial charge in [0.05, 0.1) is 15.4 Å². The molecule has 3 aromatic rings. The van der Waals surface area contributed by atoms with Crippen LogP contribution in [0.4, 0.5) is 0 Å². The van der Waals surface area contributed by atoms with E-state index in [4.69, 9.17) is 0 Å². The minimum atomic E-state index is -4.66. The topological polar surface area (TPSA) is 115 Å². The Hall–Kier alpha value is -3.43. The smallest absolute Gasteiger partial charge is 0.225 e. The Morgan fingerprint density at radius 3 is 1.53 bits per heavy atom. The molecule has 7 nitrogen and oxygen atoms in total. The quantitative estimate of drug-likeness (QED) is 0.578. The van der Waals surface area contributed by atoms with Gasteiger partial charge in [-0.15, -0.1) is 0 Å². The van der Waals surface area contributed by atoms with Gasteiger partial charge in [-0.25, -0.2) is 16.8 Å². The lowest BCUT2D eigenvalue weighted by Crippen LogP contribution is -2.31. The molecule has 0 fully saturated rings. The number of carbonyl (C=O) groups is 2. The maximum atomic E-state index is 13.5. The van der Waals surface area contributed by atoms with Crippen molar-refractivity contribution in [1.82, 2.24) is 4.98 Å². The average molecular weight is 468 g/mol. The molecule has 32 heavy (non-hydrogen) atoms. The van der Waals surface area contributed by atoms with Crippen molar-refractivity contribution in [3.8, 4) is 0 Å². The van der Waals surface area contributed by atoms with Gasteiger partial charge in [-0.2, -0.15) is 0 Å². The third-order valence-corrected chi connectivity index (χ3v) is 8.85. The number of Topliss-reactive ketones (excluding diaryl/α,β-unsaturated/α-hetero) is 2. The largest absolute Gasteiger partial charge is 0.288 e. The highest BCUT2D eigenvalue weighted by molar-refractivity contribution is 8.00. The number of benzene rings is 2. The van der Waals surface area contributed by atoms with E-state index in [0.717, 1.165) is 11.1 Å². The van der Waals surface area contributed by atoms with Crippen LogP contribution >= 0.6 is 0 Å². The minimum absolute atomic E-state index is 0.258. The third kappa shape index (κ3) is 3.39. The van der Waals surface area contributed by atoms with E-state index in [0.29, 0.717) is 0 Å². The van der Waals surface area contributed by atoms with Crippen LogP contribution in [0.25, 0.3) is 0 Å². The Bertz CT molecular complexity index is 1400. The van der Waals surface area contributed by atoms with Crippen molar-refractivity contribution in [3.05, 3.63) is 99.1 Å². The van der Waals surface area contributed by atoms with E-state index in [-0.39, 0.29) is 15.4 Å². The molecule has 0 atom stereocenters. The van der Waals surface area contributed by atoms with Crippen LogP contribution in [0.5, 0.6) is 0 Å². The molecule has 0 amide bonds. The van der Waals surface area contributed by atoms with Crippen molar-refractivity contribution in [1.29, 1.82) is 0 Å². The number of rotatable bonds is 4. The molecule has 1 aromatic heterocycles. The predicted molar refractivity (Wildman–Crippen MR) is 117 cm³/mol. The predicted octanol–water partition coefficient (Wildman–Crippen LogP) is 3.24. The zero-order chi connectivity index (χ0) is 23.3. The highest BCUT2D eigenvalue weighted by Crippen LogP contribution is 2.37. The van der Waals surface area contributed by atoms with Crippen LogP contribution in [-0.4, -0.2) is 33.4 Å². The molecule has 0 radical (unpaired) electrons. The molecule has 1 aliphatic carbocycles. The fraction of sp³-hybridized carbons (Fsp3) is 0.0870. The highest BCUT2D eigenvalue weighted by atomic mass is 32.2. The van der Waals surface area contributed by atoms with Crippen molar-refractivity contribution in [2.45, 2.75) is 23.6 Å². The minimum Gasteiger partial charge on any atom is -0.288 e. The van der Waals surface area contributed by atoms with Crippen molar-refractivity contribution >= 4 is 31.2 Å². The SMILES string of the molecule is Cc1ccc(S(=O)(=O)C2=C(S(=O)(=O)c3ccc(C)cc3)C(=O)c3ncccc3C2=O)cc1. The Kier molecular flexibility index (Phi) is 5.18. The van der Waals surface area contributed by atoms with E-state index in [1.54, 1.807) is 13.8 Å². The average Bonchev–Trinajstić information content (AvgIpc) is 2.76. The molecule has 1 heterocycles. The zero-order valence-electron chi connectivity index (χ0n) is 17.1. The van der Waals surface area contributed by atoms with Gasteiger partial charge in [0, 0.05) is 6.20 Å². The van der Waals surface area contributed by atoms with Crippen LogP contribution in [0.3, 0.4) is 0 Å². The zero-order valence-corrected chi connectivity index (χ0v) is 18.7. The van der Waals surface area contributed by atoms with Crippen LogP contribution in [-0.2, 0) is 19.7 Å². The number of hydrogen-bond donors (Lipinski definition) is 0. The Morgan fingerprint density at radius 1 is 0.625 bits per heavy atom. The molecule has 1 aliphatic rings. The lowest BCUT2D eigenvalue weighted by molar-refractivity contribution is 0.0982. The second kappa shape index (κ2) is 7.61. The monoisotopic (exact) mass is 467 g/mol. The molecule has 9 heteroatoms. The number of pyridine rings is 1. The van der Waals surface area contributed by atoms with Crippen molar-refractivity contribution in [2.75, 3.05) is 0 Å². The maximum Gasteiger partial charge on any atom is 0.225 e. The number of ketones is 2. The van der Waals surface area contributed by atoms with Crippen LogP contribution < -0.4 is 0 Å². The lowest BCUT2D eigenvalue weighted by Gasteiger charge is -2.20. The summed E-state index contributed by atoms with van der Waals surface area (Å²) in [5.41, 5.74) is 0.881. The second-order valence-corrected chi connectivity index (χ2v) is 11.1. The summed E-state index contributed by atoms with van der Waals surface area (Å²) in [7, 11) is -9.31. The van der Waals surface area contributed by atoms with E-state index < -0.39 is 46.7 Å². The summed E-state index contributed by atoms with van der Waals surface area (Å²) in [6.07, 6.45) is 1.24. The first-order chi connectivity index (χ1) is 15.0. The number of sulfone groups is 2. The first-order valence-corrected chi connectivity index (χ1v) is 12.4. The molecule has 0 saturated heterocycles. The summed E-state index contributed by atoms with van der Waals surface area (Å²) < 4.78 is 53.9. The van der Waals surface area contributed by atoms with Gasteiger partial charge < -0.3 is 0 Å². The van der Waals surface area contributed by atoms with E-state index in [2.05, 4.69) is 4.98 Å². The molecule has 0 aliphatic heterocycles. The third-order valence-electron chi connectivity index (χ3n) is 5.09. The summed E-state index contributed by atoms with van der Waals surface area (Å²) >= 11 is 0. The molecular formula is C23H17NO6S2. The molecule has 0 spiro atoms. The van der Waals surface area contributed by atoms with E-state index >= 15 is 0 Å². The number of aromatic nitrogens is 1. The molecule has 0 N–H and O–H groups in total. The van der Waals surface area contributed by atoms with Crippen molar-refractivity contribution in [2.24, 2.45) is 0 Å². The van der Waals surface area contributed by atoms with E-state index in [1.807, 2.05) is 0 Å². The Balaban J connectivity index is 2.08. The van der Waals surface area contributed by atoms with Gasteiger partial charge in [-0.3, -0.25) is 14.6 Å². The maximum absolute atomic E-state index is 13.5. The lowest BCUT2D eigenvalue weighted by atomic mass is 10.00. The normalized spacial score (nSPS) is 14.4. The van der Waals surface area contributed by atoms with E-state index in [9.17, 15) is 26.4 Å². The van der Waals surface area contributed by atoms with Gasteiger partial charge in [0.15, 0.2) is 0 Å². The Labute approximate surface area is 185 Å². The molecule has 0 bridgehead atoms. The van der Waals surface area contributed by atoms with Crippen LogP contribution in [0.15, 0.2) is 86.5 Å². The summed E-state index contributed by atoms with van der Waals surface area (Å²) in [4.78, 5) is 27.7. The summed E-state index contributed by atoms with van der Waals surface area (Å²) in [5.74, 6) is -2.22. The van der Waals surface area contributed by atoms with Crippen LogP contribution in [0, 0.1) is 13.8 Å². The molecular weight excluding hydrogens is 450 g/mol. The van der Waals surface area contributed by atoms with Crippen LogP contribution in [0.2, 0.25) is 0 Å². The first-order valence-electron chi connectivity index (χ1n) is 9.47. The number of nitrogens with zero attached hydrogens (tertiary/aromatic N) is 1. The number of hydrogen-bond acceptors (Lipinski definition) is 7. The van der Waals surface area contributed by atoms with Crippen molar-refractivity contribution in [3.63, 3.8) is 0 Å². The molecule has 2 aromatic carbocycles. The number of carbonyl (C=O) groups excluding carboxylic acids is 2. The second-order valence-electron chi connectivity index (χ2n) is 7.35. The van der Waals surface area contributed by atoms with Gasteiger partial charge in [0.25, 0.3) is 0 Å². The number of fused-ring (bicyclic) bond motifs is 1.